The minimum Gasteiger partial charge on any atom is -0.364 e. The van der Waals surface area contributed by atoms with E-state index in [9.17, 15) is 9.59 Å². The second-order valence-corrected chi connectivity index (χ2v) is 5.70. The number of hydrogen-bond donors (Lipinski definition) is 2. The summed E-state index contributed by atoms with van der Waals surface area (Å²) in [6.45, 7) is 6.78. The van der Waals surface area contributed by atoms with Gasteiger partial charge >= 0.3 is 0 Å². The van der Waals surface area contributed by atoms with E-state index in [0.717, 1.165) is 45.6 Å². The van der Waals surface area contributed by atoms with Crippen LogP contribution in [0.5, 0.6) is 0 Å². The Labute approximate surface area is 125 Å². The summed E-state index contributed by atoms with van der Waals surface area (Å²) >= 11 is 0. The summed E-state index contributed by atoms with van der Waals surface area (Å²) in [6, 6.07) is 0. The Hall–Kier alpha value is -1.18. The highest BCUT2D eigenvalue weighted by Gasteiger charge is 2.29. The van der Waals surface area contributed by atoms with Gasteiger partial charge in [0.15, 0.2) is 0 Å². The van der Waals surface area contributed by atoms with Crippen LogP contribution in [0.3, 0.4) is 0 Å². The summed E-state index contributed by atoms with van der Waals surface area (Å²) in [4.78, 5) is 27.3. The van der Waals surface area contributed by atoms with E-state index in [2.05, 4.69) is 10.2 Å². The van der Waals surface area contributed by atoms with Crippen molar-refractivity contribution in [2.75, 3.05) is 45.8 Å². The molecule has 0 bridgehead atoms. The standard InChI is InChI=1S/C14H26N4O3/c1-11(19)18-8-6-17(7-9-18)5-4-16-14(20)13-3-2-12(10-15)21-13/h12-13H,2-10,15H2,1H3,(H,16,20)/t12-,13+/m1/s1. The molecule has 0 aromatic heterocycles. The summed E-state index contributed by atoms with van der Waals surface area (Å²) in [5.41, 5.74) is 5.53. The zero-order chi connectivity index (χ0) is 15.2. The summed E-state index contributed by atoms with van der Waals surface area (Å²) in [6.07, 6.45) is 1.31. The van der Waals surface area contributed by atoms with Crippen LogP contribution in [0.4, 0.5) is 0 Å². The van der Waals surface area contributed by atoms with Crippen LogP contribution in [0.15, 0.2) is 0 Å². The lowest BCUT2D eigenvalue weighted by molar-refractivity contribution is -0.131. The molecule has 21 heavy (non-hydrogen) atoms. The molecule has 2 aliphatic heterocycles. The van der Waals surface area contributed by atoms with Gasteiger partial charge in [-0.05, 0) is 12.8 Å². The maximum absolute atomic E-state index is 11.9. The molecular weight excluding hydrogens is 272 g/mol. The highest BCUT2D eigenvalue weighted by atomic mass is 16.5. The lowest BCUT2D eigenvalue weighted by Gasteiger charge is -2.34. The number of nitrogens with zero attached hydrogens (tertiary/aromatic N) is 2. The number of piperazine rings is 1. The molecule has 2 aliphatic rings. The highest BCUT2D eigenvalue weighted by Crippen LogP contribution is 2.18. The van der Waals surface area contributed by atoms with Crippen LogP contribution in [0.2, 0.25) is 0 Å². The molecule has 0 saturated carbocycles. The van der Waals surface area contributed by atoms with Gasteiger partial charge < -0.3 is 20.7 Å². The molecule has 0 unspecified atom stereocenters. The average Bonchev–Trinajstić information content (AvgIpc) is 2.96. The van der Waals surface area contributed by atoms with Gasteiger partial charge in [0, 0.05) is 52.7 Å². The van der Waals surface area contributed by atoms with Gasteiger partial charge in [0.05, 0.1) is 6.10 Å². The van der Waals surface area contributed by atoms with Crippen molar-refractivity contribution >= 4 is 11.8 Å². The van der Waals surface area contributed by atoms with Crippen LogP contribution in [0, 0.1) is 0 Å². The van der Waals surface area contributed by atoms with Crippen LogP contribution >= 0.6 is 0 Å². The van der Waals surface area contributed by atoms with E-state index in [-0.39, 0.29) is 24.0 Å². The molecule has 2 amide bonds. The Morgan fingerprint density at radius 1 is 1.24 bits per heavy atom. The van der Waals surface area contributed by atoms with Gasteiger partial charge in [-0.15, -0.1) is 0 Å². The van der Waals surface area contributed by atoms with E-state index in [1.807, 2.05) is 4.90 Å². The molecular formula is C14H26N4O3. The second kappa shape index (κ2) is 7.72. The Morgan fingerprint density at radius 2 is 1.95 bits per heavy atom. The maximum Gasteiger partial charge on any atom is 0.249 e. The van der Waals surface area contributed by atoms with Gasteiger partial charge in [0.25, 0.3) is 0 Å². The largest absolute Gasteiger partial charge is 0.364 e. The second-order valence-electron chi connectivity index (χ2n) is 5.70. The van der Waals surface area contributed by atoms with Gasteiger partial charge in [-0.25, -0.2) is 0 Å². The summed E-state index contributed by atoms with van der Waals surface area (Å²) < 4.78 is 5.56. The molecule has 2 atom stereocenters. The quantitative estimate of drug-likeness (QED) is 0.664. The highest BCUT2D eigenvalue weighted by molar-refractivity contribution is 5.81. The van der Waals surface area contributed by atoms with Crippen molar-refractivity contribution in [3.05, 3.63) is 0 Å². The molecule has 2 heterocycles. The van der Waals surface area contributed by atoms with E-state index in [1.165, 1.54) is 0 Å². The molecule has 120 valence electrons. The first-order chi connectivity index (χ1) is 10.1. The lowest BCUT2D eigenvalue weighted by Crippen LogP contribution is -2.50. The minimum atomic E-state index is -0.340. The number of rotatable bonds is 5. The zero-order valence-corrected chi connectivity index (χ0v) is 12.7. The number of nitrogens with one attached hydrogen (secondary N) is 1. The molecule has 2 saturated heterocycles. The predicted molar refractivity (Wildman–Crippen MR) is 78.7 cm³/mol. The number of hydrogen-bond acceptors (Lipinski definition) is 5. The Morgan fingerprint density at radius 3 is 2.52 bits per heavy atom. The SMILES string of the molecule is CC(=O)N1CCN(CCNC(=O)[C@@H]2CC[C@H](CN)O2)CC1. The molecule has 0 spiro atoms. The molecule has 3 N–H and O–H groups in total. The van der Waals surface area contributed by atoms with E-state index in [1.54, 1.807) is 6.92 Å². The first-order valence-corrected chi connectivity index (χ1v) is 7.71. The summed E-state index contributed by atoms with van der Waals surface area (Å²) in [5.74, 6) is 0.101. The van der Waals surface area contributed by atoms with Crippen molar-refractivity contribution < 1.29 is 14.3 Å². The monoisotopic (exact) mass is 298 g/mol. The van der Waals surface area contributed by atoms with Crippen LogP contribution in [-0.4, -0.2) is 79.6 Å². The zero-order valence-electron chi connectivity index (χ0n) is 12.7. The van der Waals surface area contributed by atoms with E-state index in [4.69, 9.17) is 10.5 Å². The molecule has 0 radical (unpaired) electrons. The number of ether oxygens (including phenoxy) is 1. The van der Waals surface area contributed by atoms with Crippen LogP contribution in [-0.2, 0) is 14.3 Å². The fourth-order valence-corrected chi connectivity index (χ4v) is 2.81. The number of carbonyl (C=O) groups excluding carboxylic acids is 2. The summed E-state index contributed by atoms with van der Waals surface area (Å²) in [7, 11) is 0. The number of carbonyl (C=O) groups is 2. The average molecular weight is 298 g/mol. The van der Waals surface area contributed by atoms with Crippen LogP contribution in [0.25, 0.3) is 0 Å². The number of amides is 2. The third-order valence-electron chi connectivity index (χ3n) is 4.21. The number of nitrogens with two attached hydrogens (primary N) is 1. The first kappa shape index (κ1) is 16.2. The topological polar surface area (TPSA) is 87.9 Å². The predicted octanol–water partition coefficient (Wildman–Crippen LogP) is -1.23. The van der Waals surface area contributed by atoms with Crippen molar-refractivity contribution in [1.82, 2.24) is 15.1 Å². The Balaban J connectivity index is 1.60. The summed E-state index contributed by atoms with van der Waals surface area (Å²) in [5, 5.41) is 2.92. The third kappa shape index (κ3) is 4.66. The van der Waals surface area contributed by atoms with Gasteiger partial charge in [0.1, 0.15) is 6.10 Å². The van der Waals surface area contributed by atoms with Crippen molar-refractivity contribution in [3.63, 3.8) is 0 Å². The smallest absolute Gasteiger partial charge is 0.249 e. The molecule has 7 nitrogen and oxygen atoms in total. The molecule has 0 aromatic carbocycles. The van der Waals surface area contributed by atoms with Crippen LogP contribution in [0.1, 0.15) is 19.8 Å². The van der Waals surface area contributed by atoms with Crippen molar-refractivity contribution in [1.29, 1.82) is 0 Å². The fourth-order valence-electron chi connectivity index (χ4n) is 2.81. The van der Waals surface area contributed by atoms with Gasteiger partial charge in [-0.3, -0.25) is 14.5 Å². The van der Waals surface area contributed by atoms with Gasteiger partial charge in [0.2, 0.25) is 11.8 Å². The molecule has 7 heteroatoms. The van der Waals surface area contributed by atoms with E-state index >= 15 is 0 Å². The van der Waals surface area contributed by atoms with Crippen molar-refractivity contribution in [3.8, 4) is 0 Å². The molecule has 0 aliphatic carbocycles. The first-order valence-electron chi connectivity index (χ1n) is 7.71. The van der Waals surface area contributed by atoms with Crippen molar-refractivity contribution in [2.45, 2.75) is 32.0 Å². The van der Waals surface area contributed by atoms with Gasteiger partial charge in [-0.1, -0.05) is 0 Å². The van der Waals surface area contributed by atoms with Gasteiger partial charge in [-0.2, -0.15) is 0 Å². The van der Waals surface area contributed by atoms with E-state index < -0.39 is 0 Å². The Kier molecular flexibility index (Phi) is 5.96. The van der Waals surface area contributed by atoms with E-state index in [0.29, 0.717) is 13.1 Å². The molecule has 0 aromatic rings. The lowest BCUT2D eigenvalue weighted by atomic mass is 10.2. The van der Waals surface area contributed by atoms with Crippen molar-refractivity contribution in [2.24, 2.45) is 5.73 Å². The Bertz CT molecular complexity index is 369. The normalized spacial score (nSPS) is 26.9. The molecule has 2 fully saturated rings. The third-order valence-corrected chi connectivity index (χ3v) is 4.21. The molecule has 2 rings (SSSR count). The minimum absolute atomic E-state index is 0.0282. The van der Waals surface area contributed by atoms with Crippen LogP contribution < -0.4 is 11.1 Å². The maximum atomic E-state index is 11.9. The fraction of sp³-hybridized carbons (Fsp3) is 0.857.